The lowest BCUT2D eigenvalue weighted by molar-refractivity contribution is 0.145. The van der Waals surface area contributed by atoms with Crippen molar-refractivity contribution in [2.75, 3.05) is 23.3 Å². The summed E-state index contributed by atoms with van der Waals surface area (Å²) in [5, 5.41) is 14.0. The number of nitrogens with one attached hydrogen (secondary N) is 1. The van der Waals surface area contributed by atoms with Gasteiger partial charge in [-0.3, -0.25) is 0 Å². The number of hydrogen-bond acceptors (Lipinski definition) is 5. The summed E-state index contributed by atoms with van der Waals surface area (Å²) < 4.78 is 1.00. The van der Waals surface area contributed by atoms with Gasteiger partial charge in [-0.1, -0.05) is 15.9 Å². The van der Waals surface area contributed by atoms with Crippen LogP contribution in [0.5, 0.6) is 0 Å². The van der Waals surface area contributed by atoms with E-state index in [4.69, 9.17) is 0 Å². The topological polar surface area (TPSA) is 61.3 Å². The van der Waals surface area contributed by atoms with Crippen molar-refractivity contribution < 1.29 is 5.11 Å². The standard InChI is InChI=1S/C19H19BrN4O/c20-13-1-6-18-17(11-13)19(22-12-21-18)23-14-2-4-15(5-3-14)24-9-7-16(25)8-10-24/h1-6,11-12,16,25H,7-10H2,(H,21,22,23). The molecular weight excluding hydrogens is 380 g/mol. The summed E-state index contributed by atoms with van der Waals surface area (Å²) in [7, 11) is 0. The number of hydrogen-bond donors (Lipinski definition) is 2. The van der Waals surface area contributed by atoms with Crippen molar-refractivity contribution in [1.29, 1.82) is 0 Å². The highest BCUT2D eigenvalue weighted by Crippen LogP contribution is 2.27. The molecule has 3 aromatic rings. The number of aliphatic hydroxyl groups excluding tert-OH is 1. The summed E-state index contributed by atoms with van der Waals surface area (Å²) in [5.74, 6) is 0.792. The van der Waals surface area contributed by atoms with Gasteiger partial charge in [0, 0.05) is 34.3 Å². The van der Waals surface area contributed by atoms with Crippen LogP contribution in [0.4, 0.5) is 17.2 Å². The van der Waals surface area contributed by atoms with Crippen LogP contribution in [0.15, 0.2) is 53.3 Å². The Bertz CT molecular complexity index is 876. The molecule has 1 saturated heterocycles. The molecular formula is C19H19BrN4O. The van der Waals surface area contributed by atoms with E-state index in [2.05, 4.69) is 60.4 Å². The third kappa shape index (κ3) is 3.60. The Balaban J connectivity index is 1.55. The van der Waals surface area contributed by atoms with E-state index in [-0.39, 0.29) is 6.10 Å². The fraction of sp³-hybridized carbons (Fsp3) is 0.263. The van der Waals surface area contributed by atoms with Crippen LogP contribution in [0, 0.1) is 0 Å². The first-order chi connectivity index (χ1) is 12.2. The molecule has 0 spiro atoms. The number of halogens is 1. The normalized spacial score (nSPS) is 15.5. The first-order valence-electron chi connectivity index (χ1n) is 8.39. The number of aromatic nitrogens is 2. The van der Waals surface area contributed by atoms with Gasteiger partial charge >= 0.3 is 0 Å². The lowest BCUT2D eigenvalue weighted by Crippen LogP contribution is -2.35. The number of benzene rings is 2. The van der Waals surface area contributed by atoms with Gasteiger partial charge in [0.2, 0.25) is 0 Å². The molecule has 0 aliphatic carbocycles. The van der Waals surface area contributed by atoms with Crippen molar-refractivity contribution in [2.24, 2.45) is 0 Å². The maximum absolute atomic E-state index is 9.64. The van der Waals surface area contributed by atoms with Crippen molar-refractivity contribution in [2.45, 2.75) is 18.9 Å². The van der Waals surface area contributed by atoms with E-state index in [9.17, 15) is 5.11 Å². The number of aliphatic hydroxyl groups is 1. The molecule has 0 radical (unpaired) electrons. The SMILES string of the molecule is OC1CCN(c2ccc(Nc3ncnc4ccc(Br)cc34)cc2)CC1. The van der Waals surface area contributed by atoms with Gasteiger partial charge in [-0.2, -0.15) is 0 Å². The molecule has 0 bridgehead atoms. The molecule has 0 unspecified atom stereocenters. The molecule has 0 amide bonds. The molecule has 1 aliphatic rings. The van der Waals surface area contributed by atoms with Crippen LogP contribution >= 0.6 is 15.9 Å². The minimum absolute atomic E-state index is 0.150. The Morgan fingerprint density at radius 1 is 1.04 bits per heavy atom. The minimum atomic E-state index is -0.150. The van der Waals surface area contributed by atoms with Gasteiger partial charge in [0.1, 0.15) is 12.1 Å². The van der Waals surface area contributed by atoms with E-state index < -0.39 is 0 Å². The number of rotatable bonds is 3. The third-order valence-corrected chi connectivity index (χ3v) is 5.05. The van der Waals surface area contributed by atoms with Crippen LogP contribution in [0.3, 0.4) is 0 Å². The zero-order valence-corrected chi connectivity index (χ0v) is 15.3. The summed E-state index contributed by atoms with van der Waals surface area (Å²) in [6, 6.07) is 14.3. The maximum Gasteiger partial charge on any atom is 0.141 e. The summed E-state index contributed by atoms with van der Waals surface area (Å²) in [6.07, 6.45) is 3.10. The molecule has 1 fully saturated rings. The van der Waals surface area contributed by atoms with Crippen LogP contribution < -0.4 is 10.2 Å². The Morgan fingerprint density at radius 3 is 2.56 bits per heavy atom. The van der Waals surface area contributed by atoms with Crippen molar-refractivity contribution in [3.8, 4) is 0 Å². The van der Waals surface area contributed by atoms with E-state index in [1.165, 1.54) is 5.69 Å². The summed E-state index contributed by atoms with van der Waals surface area (Å²) >= 11 is 3.50. The van der Waals surface area contributed by atoms with Crippen molar-refractivity contribution in [1.82, 2.24) is 9.97 Å². The molecule has 2 N–H and O–H groups in total. The molecule has 0 saturated carbocycles. The Hall–Kier alpha value is -2.18. The van der Waals surface area contributed by atoms with E-state index in [1.54, 1.807) is 6.33 Å². The first-order valence-corrected chi connectivity index (χ1v) is 9.19. The van der Waals surface area contributed by atoms with Crippen molar-refractivity contribution in [3.63, 3.8) is 0 Å². The van der Waals surface area contributed by atoms with Gasteiger partial charge in [-0.25, -0.2) is 9.97 Å². The fourth-order valence-electron chi connectivity index (χ4n) is 3.14. The van der Waals surface area contributed by atoms with Crippen molar-refractivity contribution >= 4 is 44.0 Å². The van der Waals surface area contributed by atoms with Crippen molar-refractivity contribution in [3.05, 3.63) is 53.3 Å². The third-order valence-electron chi connectivity index (χ3n) is 4.56. The predicted molar refractivity (Wildman–Crippen MR) is 104 cm³/mol. The summed E-state index contributed by atoms with van der Waals surface area (Å²) in [5.41, 5.74) is 3.08. The van der Waals surface area contributed by atoms with Gasteiger partial charge in [0.05, 0.1) is 11.6 Å². The molecule has 2 heterocycles. The molecule has 5 nitrogen and oxygen atoms in total. The quantitative estimate of drug-likeness (QED) is 0.695. The van der Waals surface area contributed by atoms with Gasteiger partial charge < -0.3 is 15.3 Å². The molecule has 25 heavy (non-hydrogen) atoms. The average Bonchev–Trinajstić information content (AvgIpc) is 2.64. The second kappa shape index (κ2) is 6.98. The molecule has 0 atom stereocenters. The van der Waals surface area contributed by atoms with Crippen LogP contribution in [-0.2, 0) is 0 Å². The van der Waals surface area contributed by atoms with E-state index >= 15 is 0 Å². The van der Waals surface area contributed by atoms with Gasteiger partial charge in [-0.05, 0) is 55.3 Å². The lowest BCUT2D eigenvalue weighted by Gasteiger charge is -2.31. The predicted octanol–water partition coefficient (Wildman–Crippen LogP) is 4.10. The second-order valence-corrected chi connectivity index (χ2v) is 7.19. The van der Waals surface area contributed by atoms with Crippen LogP contribution in [0.25, 0.3) is 10.9 Å². The Kier molecular flexibility index (Phi) is 4.55. The summed E-state index contributed by atoms with van der Waals surface area (Å²) in [6.45, 7) is 1.80. The summed E-state index contributed by atoms with van der Waals surface area (Å²) in [4.78, 5) is 11.0. The van der Waals surface area contributed by atoms with Crippen LogP contribution in [-0.4, -0.2) is 34.3 Å². The van der Waals surface area contributed by atoms with E-state index in [0.717, 1.165) is 52.8 Å². The molecule has 128 valence electrons. The lowest BCUT2D eigenvalue weighted by atomic mass is 10.1. The van der Waals surface area contributed by atoms with E-state index in [0.29, 0.717) is 0 Å². The Labute approximate surface area is 154 Å². The van der Waals surface area contributed by atoms with Crippen LogP contribution in [0.2, 0.25) is 0 Å². The largest absolute Gasteiger partial charge is 0.393 e. The maximum atomic E-state index is 9.64. The molecule has 6 heteroatoms. The minimum Gasteiger partial charge on any atom is -0.393 e. The fourth-order valence-corrected chi connectivity index (χ4v) is 3.51. The van der Waals surface area contributed by atoms with Gasteiger partial charge in [0.15, 0.2) is 0 Å². The zero-order chi connectivity index (χ0) is 17.2. The smallest absolute Gasteiger partial charge is 0.141 e. The molecule has 1 aliphatic heterocycles. The molecule has 2 aromatic carbocycles. The van der Waals surface area contributed by atoms with Gasteiger partial charge in [-0.15, -0.1) is 0 Å². The highest BCUT2D eigenvalue weighted by molar-refractivity contribution is 9.10. The second-order valence-electron chi connectivity index (χ2n) is 6.27. The first kappa shape index (κ1) is 16.3. The monoisotopic (exact) mass is 398 g/mol. The van der Waals surface area contributed by atoms with Crippen LogP contribution in [0.1, 0.15) is 12.8 Å². The van der Waals surface area contributed by atoms with E-state index in [1.807, 2.05) is 18.2 Å². The average molecular weight is 399 g/mol. The molecule has 1 aromatic heterocycles. The number of anilines is 3. The molecule has 4 rings (SSSR count). The number of nitrogens with zero attached hydrogens (tertiary/aromatic N) is 3. The highest BCUT2D eigenvalue weighted by atomic mass is 79.9. The zero-order valence-electron chi connectivity index (χ0n) is 13.7. The highest BCUT2D eigenvalue weighted by Gasteiger charge is 2.17. The number of fused-ring (bicyclic) bond motifs is 1. The van der Waals surface area contributed by atoms with Gasteiger partial charge in [0.25, 0.3) is 0 Å². The number of piperidine rings is 1. The Morgan fingerprint density at radius 2 is 1.80 bits per heavy atom.